The van der Waals surface area contributed by atoms with Gasteiger partial charge in [-0.05, 0) is 37.6 Å². The fraction of sp³-hybridized carbons (Fsp3) is 0.200. The summed E-state index contributed by atoms with van der Waals surface area (Å²) >= 11 is 0. The van der Waals surface area contributed by atoms with Crippen molar-refractivity contribution in [1.82, 2.24) is 10.3 Å². The topological polar surface area (TPSA) is 42.0 Å². The van der Waals surface area contributed by atoms with Crippen LogP contribution in [0.2, 0.25) is 0 Å². The number of amides is 1. The molecule has 0 unspecified atom stereocenters. The van der Waals surface area contributed by atoms with Gasteiger partial charge in [0.1, 0.15) is 0 Å². The molecule has 0 atom stereocenters. The third-order valence-corrected chi connectivity index (χ3v) is 2.77. The monoisotopic (exact) mass is 240 g/mol. The lowest BCUT2D eigenvalue weighted by molar-refractivity contribution is 0.0950. The summed E-state index contributed by atoms with van der Waals surface area (Å²) in [5.41, 5.74) is 3.52. The van der Waals surface area contributed by atoms with Crippen LogP contribution in [0.25, 0.3) is 0 Å². The Labute approximate surface area is 107 Å². The highest BCUT2D eigenvalue weighted by Gasteiger charge is 2.07. The number of benzene rings is 1. The molecule has 0 spiro atoms. The molecule has 18 heavy (non-hydrogen) atoms. The van der Waals surface area contributed by atoms with Gasteiger partial charge in [0.2, 0.25) is 0 Å². The van der Waals surface area contributed by atoms with E-state index >= 15 is 0 Å². The van der Waals surface area contributed by atoms with Gasteiger partial charge < -0.3 is 5.32 Å². The van der Waals surface area contributed by atoms with Gasteiger partial charge in [0, 0.05) is 11.3 Å². The first-order valence-electron chi connectivity index (χ1n) is 5.93. The van der Waals surface area contributed by atoms with Crippen LogP contribution in [0, 0.1) is 13.8 Å². The van der Waals surface area contributed by atoms with Crippen molar-refractivity contribution in [1.29, 1.82) is 0 Å². The van der Waals surface area contributed by atoms with E-state index < -0.39 is 0 Å². The Morgan fingerprint density at radius 3 is 2.61 bits per heavy atom. The number of rotatable bonds is 3. The largest absolute Gasteiger partial charge is 0.346 e. The molecule has 1 aromatic heterocycles. The maximum absolute atomic E-state index is 12.0. The third kappa shape index (κ3) is 2.94. The molecule has 1 amide bonds. The molecule has 1 heterocycles. The molecule has 1 aromatic carbocycles. The Morgan fingerprint density at radius 1 is 1.11 bits per heavy atom. The minimum Gasteiger partial charge on any atom is -0.346 e. The van der Waals surface area contributed by atoms with Crippen LogP contribution in [0.3, 0.4) is 0 Å². The number of pyridine rings is 1. The van der Waals surface area contributed by atoms with E-state index in [0.29, 0.717) is 12.1 Å². The SMILES string of the molecule is Cc1cccc(CNC(=O)c2ccccc2C)n1. The maximum atomic E-state index is 12.0. The van der Waals surface area contributed by atoms with Crippen LogP contribution < -0.4 is 5.32 Å². The van der Waals surface area contributed by atoms with Crippen LogP contribution in [0.15, 0.2) is 42.5 Å². The standard InChI is InChI=1S/C15H16N2O/c1-11-6-3-4-9-14(11)15(18)16-10-13-8-5-7-12(2)17-13/h3-9H,10H2,1-2H3,(H,16,18). The van der Waals surface area contributed by atoms with Gasteiger partial charge >= 0.3 is 0 Å². The molecule has 3 heteroatoms. The van der Waals surface area contributed by atoms with Gasteiger partial charge in [-0.3, -0.25) is 9.78 Å². The molecule has 3 nitrogen and oxygen atoms in total. The zero-order valence-corrected chi connectivity index (χ0v) is 10.6. The summed E-state index contributed by atoms with van der Waals surface area (Å²) in [6, 6.07) is 13.3. The van der Waals surface area contributed by atoms with Crippen molar-refractivity contribution in [3.63, 3.8) is 0 Å². The van der Waals surface area contributed by atoms with E-state index in [0.717, 1.165) is 17.0 Å². The summed E-state index contributed by atoms with van der Waals surface area (Å²) in [4.78, 5) is 16.3. The second-order valence-electron chi connectivity index (χ2n) is 4.27. The van der Waals surface area contributed by atoms with Gasteiger partial charge in [0.25, 0.3) is 5.91 Å². The number of aromatic nitrogens is 1. The Kier molecular flexibility index (Phi) is 3.72. The van der Waals surface area contributed by atoms with Gasteiger partial charge in [0.05, 0.1) is 12.2 Å². The predicted molar refractivity (Wildman–Crippen MR) is 71.3 cm³/mol. The Balaban J connectivity index is 2.03. The summed E-state index contributed by atoms with van der Waals surface area (Å²) < 4.78 is 0. The van der Waals surface area contributed by atoms with Gasteiger partial charge in [-0.1, -0.05) is 24.3 Å². The molecule has 0 aliphatic rings. The molecule has 0 saturated carbocycles. The van der Waals surface area contributed by atoms with E-state index in [-0.39, 0.29) is 5.91 Å². The lowest BCUT2D eigenvalue weighted by Gasteiger charge is -2.07. The zero-order valence-electron chi connectivity index (χ0n) is 10.6. The van der Waals surface area contributed by atoms with E-state index in [1.165, 1.54) is 0 Å². The highest BCUT2D eigenvalue weighted by molar-refractivity contribution is 5.95. The van der Waals surface area contributed by atoms with Gasteiger partial charge in [-0.25, -0.2) is 0 Å². The number of carbonyl (C=O) groups excluding carboxylic acids is 1. The summed E-state index contributed by atoms with van der Waals surface area (Å²) in [5.74, 6) is -0.0589. The second-order valence-corrected chi connectivity index (χ2v) is 4.27. The van der Waals surface area contributed by atoms with Crippen molar-refractivity contribution in [3.05, 3.63) is 65.0 Å². The average Bonchev–Trinajstić information content (AvgIpc) is 2.37. The quantitative estimate of drug-likeness (QED) is 0.896. The predicted octanol–water partition coefficient (Wildman–Crippen LogP) is 2.63. The van der Waals surface area contributed by atoms with Crippen LogP contribution in [0.1, 0.15) is 27.3 Å². The number of nitrogens with zero attached hydrogens (tertiary/aromatic N) is 1. The average molecular weight is 240 g/mol. The highest BCUT2D eigenvalue weighted by Crippen LogP contribution is 2.07. The zero-order chi connectivity index (χ0) is 13.0. The van der Waals surface area contributed by atoms with E-state index in [4.69, 9.17) is 0 Å². The highest BCUT2D eigenvalue weighted by atomic mass is 16.1. The van der Waals surface area contributed by atoms with Crippen molar-refractivity contribution >= 4 is 5.91 Å². The molecule has 2 rings (SSSR count). The Bertz CT molecular complexity index is 564. The van der Waals surface area contributed by atoms with Crippen LogP contribution in [0.4, 0.5) is 0 Å². The first-order chi connectivity index (χ1) is 8.66. The summed E-state index contributed by atoms with van der Waals surface area (Å²) in [6.07, 6.45) is 0. The van der Waals surface area contributed by atoms with Gasteiger partial charge in [-0.2, -0.15) is 0 Å². The first kappa shape index (κ1) is 12.3. The molecule has 0 aliphatic carbocycles. The summed E-state index contributed by atoms with van der Waals surface area (Å²) in [5, 5.41) is 2.88. The minimum absolute atomic E-state index is 0.0589. The molecule has 0 fully saturated rings. The van der Waals surface area contributed by atoms with E-state index in [1.807, 2.05) is 56.3 Å². The van der Waals surface area contributed by atoms with Crippen molar-refractivity contribution in [3.8, 4) is 0 Å². The van der Waals surface area contributed by atoms with E-state index in [1.54, 1.807) is 0 Å². The van der Waals surface area contributed by atoms with Crippen LogP contribution in [-0.2, 0) is 6.54 Å². The third-order valence-electron chi connectivity index (χ3n) is 2.77. The van der Waals surface area contributed by atoms with Gasteiger partial charge in [-0.15, -0.1) is 0 Å². The van der Waals surface area contributed by atoms with E-state index in [9.17, 15) is 4.79 Å². The first-order valence-corrected chi connectivity index (χ1v) is 5.93. The van der Waals surface area contributed by atoms with E-state index in [2.05, 4.69) is 10.3 Å². The lowest BCUT2D eigenvalue weighted by atomic mass is 10.1. The number of hydrogen-bond acceptors (Lipinski definition) is 2. The van der Waals surface area contributed by atoms with Crippen molar-refractivity contribution in [2.24, 2.45) is 0 Å². The van der Waals surface area contributed by atoms with Crippen LogP contribution in [-0.4, -0.2) is 10.9 Å². The maximum Gasteiger partial charge on any atom is 0.251 e. The molecule has 1 N–H and O–H groups in total. The normalized spacial score (nSPS) is 10.1. The Hall–Kier alpha value is -2.16. The molecule has 0 bridgehead atoms. The van der Waals surface area contributed by atoms with Crippen molar-refractivity contribution < 1.29 is 4.79 Å². The van der Waals surface area contributed by atoms with Gasteiger partial charge in [0.15, 0.2) is 0 Å². The number of nitrogens with one attached hydrogen (secondary N) is 1. The fourth-order valence-electron chi connectivity index (χ4n) is 1.79. The van der Waals surface area contributed by atoms with Crippen molar-refractivity contribution in [2.45, 2.75) is 20.4 Å². The lowest BCUT2D eigenvalue weighted by Crippen LogP contribution is -2.24. The molecule has 92 valence electrons. The van der Waals surface area contributed by atoms with Crippen LogP contribution >= 0.6 is 0 Å². The molecule has 2 aromatic rings. The number of hydrogen-bond donors (Lipinski definition) is 1. The molecule has 0 radical (unpaired) electrons. The molecule has 0 saturated heterocycles. The fourth-order valence-corrected chi connectivity index (χ4v) is 1.79. The number of carbonyl (C=O) groups is 1. The summed E-state index contributed by atoms with van der Waals surface area (Å²) in [7, 11) is 0. The summed E-state index contributed by atoms with van der Waals surface area (Å²) in [6.45, 7) is 4.32. The molecule has 0 aliphatic heterocycles. The minimum atomic E-state index is -0.0589. The molecular weight excluding hydrogens is 224 g/mol. The smallest absolute Gasteiger partial charge is 0.251 e. The molecular formula is C15H16N2O. The number of aryl methyl sites for hydroxylation is 2. The van der Waals surface area contributed by atoms with Crippen LogP contribution in [0.5, 0.6) is 0 Å². The van der Waals surface area contributed by atoms with Crippen molar-refractivity contribution in [2.75, 3.05) is 0 Å². The second kappa shape index (κ2) is 5.45. The Morgan fingerprint density at radius 2 is 1.89 bits per heavy atom.